The summed E-state index contributed by atoms with van der Waals surface area (Å²) in [6, 6.07) is 6.12. The van der Waals surface area contributed by atoms with Crippen LogP contribution in [-0.4, -0.2) is 38.3 Å². The van der Waals surface area contributed by atoms with Crippen molar-refractivity contribution in [2.75, 3.05) is 13.1 Å². The van der Waals surface area contributed by atoms with Gasteiger partial charge in [-0.15, -0.1) is 0 Å². The van der Waals surface area contributed by atoms with Crippen LogP contribution in [0.1, 0.15) is 31.8 Å². The first-order valence-electron chi connectivity index (χ1n) is 7.80. The number of benzene rings is 1. The van der Waals surface area contributed by atoms with Crippen molar-refractivity contribution in [3.05, 3.63) is 58.9 Å². The minimum Gasteiger partial charge on any atom is -0.350 e. The Kier molecular flexibility index (Phi) is 6.06. The van der Waals surface area contributed by atoms with E-state index >= 15 is 0 Å². The van der Waals surface area contributed by atoms with Gasteiger partial charge < -0.3 is 10.6 Å². The molecule has 0 saturated heterocycles. The molecule has 2 amide bonds. The molecule has 0 atom stereocenters. The number of carbonyl (C=O) groups is 2. The van der Waals surface area contributed by atoms with Crippen LogP contribution in [0, 0.1) is 13.8 Å². The summed E-state index contributed by atoms with van der Waals surface area (Å²) >= 11 is 0. The van der Waals surface area contributed by atoms with E-state index in [1.807, 2.05) is 0 Å². The molecule has 0 aliphatic rings. The Morgan fingerprint density at radius 2 is 1.69 bits per heavy atom. The molecule has 0 unspecified atom stereocenters. The number of primary sulfonamides is 1. The van der Waals surface area contributed by atoms with E-state index in [2.05, 4.69) is 15.6 Å². The van der Waals surface area contributed by atoms with Gasteiger partial charge in [-0.25, -0.2) is 13.6 Å². The second-order valence-electron chi connectivity index (χ2n) is 5.71. The van der Waals surface area contributed by atoms with Gasteiger partial charge in [-0.3, -0.25) is 14.6 Å². The lowest BCUT2D eigenvalue weighted by Crippen LogP contribution is -2.34. The van der Waals surface area contributed by atoms with E-state index < -0.39 is 15.9 Å². The molecule has 2 aromatic rings. The molecule has 0 aliphatic heterocycles. The van der Waals surface area contributed by atoms with Gasteiger partial charge in [-0.2, -0.15) is 0 Å². The van der Waals surface area contributed by atoms with Gasteiger partial charge in [0.25, 0.3) is 11.8 Å². The van der Waals surface area contributed by atoms with Crippen LogP contribution in [0.4, 0.5) is 0 Å². The zero-order valence-electron chi connectivity index (χ0n) is 14.4. The maximum Gasteiger partial charge on any atom is 0.252 e. The predicted octanol–water partition coefficient (Wildman–Crippen LogP) is 0.506. The Bertz CT molecular complexity index is 927. The zero-order valence-corrected chi connectivity index (χ0v) is 15.3. The molecule has 2 rings (SSSR count). The number of aryl methyl sites for hydroxylation is 1. The normalized spacial score (nSPS) is 11.0. The Morgan fingerprint density at radius 3 is 2.23 bits per heavy atom. The highest BCUT2D eigenvalue weighted by atomic mass is 32.2. The highest BCUT2D eigenvalue weighted by Gasteiger charge is 2.17. The van der Waals surface area contributed by atoms with Gasteiger partial charge in [0, 0.05) is 31.0 Å². The van der Waals surface area contributed by atoms with Gasteiger partial charge in [0.2, 0.25) is 10.0 Å². The molecule has 4 N–H and O–H groups in total. The molecule has 0 fully saturated rings. The summed E-state index contributed by atoms with van der Waals surface area (Å²) in [5.74, 6) is -0.747. The summed E-state index contributed by atoms with van der Waals surface area (Å²) in [5, 5.41) is 10.5. The molecule has 1 heterocycles. The number of nitrogens with two attached hydrogens (primary N) is 1. The SMILES string of the molecule is Cc1cc(C(=O)NCCNC(=O)c2cccnc2)cc(S(N)(=O)=O)c1C. The molecule has 0 saturated carbocycles. The fourth-order valence-corrected chi connectivity index (χ4v) is 3.19. The van der Waals surface area contributed by atoms with Gasteiger partial charge in [0.05, 0.1) is 10.5 Å². The second-order valence-corrected chi connectivity index (χ2v) is 7.24. The first kappa shape index (κ1) is 19.5. The first-order chi connectivity index (χ1) is 12.2. The zero-order chi connectivity index (χ0) is 19.3. The molecule has 1 aromatic carbocycles. The number of hydrogen-bond acceptors (Lipinski definition) is 5. The average molecular weight is 376 g/mol. The van der Waals surface area contributed by atoms with Crippen LogP contribution in [0.3, 0.4) is 0 Å². The number of amides is 2. The number of rotatable bonds is 6. The van der Waals surface area contributed by atoms with Crippen molar-refractivity contribution in [3.63, 3.8) is 0 Å². The van der Waals surface area contributed by atoms with Crippen LogP contribution in [0.25, 0.3) is 0 Å². The minimum atomic E-state index is -3.92. The third-order valence-corrected chi connectivity index (χ3v) is 4.85. The number of nitrogens with one attached hydrogen (secondary N) is 2. The topological polar surface area (TPSA) is 131 Å². The second kappa shape index (κ2) is 8.07. The first-order valence-corrected chi connectivity index (χ1v) is 9.35. The number of carbonyl (C=O) groups excluding carboxylic acids is 2. The number of sulfonamides is 1. The molecule has 0 bridgehead atoms. The van der Waals surface area contributed by atoms with E-state index in [1.54, 1.807) is 38.2 Å². The van der Waals surface area contributed by atoms with Crippen molar-refractivity contribution in [2.24, 2.45) is 5.14 Å². The van der Waals surface area contributed by atoms with E-state index in [-0.39, 0.29) is 29.5 Å². The average Bonchev–Trinajstić information content (AvgIpc) is 2.60. The largest absolute Gasteiger partial charge is 0.350 e. The molecule has 0 radical (unpaired) electrons. The van der Waals surface area contributed by atoms with E-state index in [0.29, 0.717) is 16.7 Å². The summed E-state index contributed by atoms with van der Waals surface area (Å²) in [6.07, 6.45) is 3.01. The minimum absolute atomic E-state index is 0.0764. The summed E-state index contributed by atoms with van der Waals surface area (Å²) in [5.41, 5.74) is 1.76. The number of nitrogens with zero attached hydrogens (tertiary/aromatic N) is 1. The molecular formula is C17H20N4O4S. The fraction of sp³-hybridized carbons (Fsp3) is 0.235. The van der Waals surface area contributed by atoms with E-state index in [9.17, 15) is 18.0 Å². The van der Waals surface area contributed by atoms with Crippen molar-refractivity contribution in [1.29, 1.82) is 0 Å². The van der Waals surface area contributed by atoms with Crippen molar-refractivity contribution in [3.8, 4) is 0 Å². The molecule has 1 aromatic heterocycles. The Hall–Kier alpha value is -2.78. The molecule has 8 nitrogen and oxygen atoms in total. The predicted molar refractivity (Wildman–Crippen MR) is 96.2 cm³/mol. The summed E-state index contributed by atoms with van der Waals surface area (Å²) in [4.78, 5) is 27.9. The Labute approximate surface area is 151 Å². The Balaban J connectivity index is 1.96. The summed E-state index contributed by atoms with van der Waals surface area (Å²) in [7, 11) is -3.92. The monoisotopic (exact) mass is 376 g/mol. The van der Waals surface area contributed by atoms with E-state index in [0.717, 1.165) is 0 Å². The van der Waals surface area contributed by atoms with Crippen molar-refractivity contribution in [1.82, 2.24) is 15.6 Å². The van der Waals surface area contributed by atoms with Crippen LogP contribution in [0.15, 0.2) is 41.6 Å². The van der Waals surface area contributed by atoms with Crippen LogP contribution < -0.4 is 15.8 Å². The standard InChI is InChI=1S/C17H20N4O4S/c1-11-8-14(9-15(12(11)2)26(18,24)25)17(23)21-7-6-20-16(22)13-4-3-5-19-10-13/h3-5,8-10H,6-7H2,1-2H3,(H,20,22)(H,21,23)(H2,18,24,25). The molecule has 0 aliphatic carbocycles. The van der Waals surface area contributed by atoms with Gasteiger partial charge >= 0.3 is 0 Å². The molecule has 26 heavy (non-hydrogen) atoms. The van der Waals surface area contributed by atoms with Crippen LogP contribution in [-0.2, 0) is 10.0 Å². The lowest BCUT2D eigenvalue weighted by molar-refractivity contribution is 0.0927. The van der Waals surface area contributed by atoms with Gasteiger partial charge in [0.15, 0.2) is 0 Å². The summed E-state index contributed by atoms with van der Waals surface area (Å²) in [6.45, 7) is 3.73. The van der Waals surface area contributed by atoms with Crippen molar-refractivity contribution in [2.45, 2.75) is 18.7 Å². The van der Waals surface area contributed by atoms with Crippen molar-refractivity contribution >= 4 is 21.8 Å². The fourth-order valence-electron chi connectivity index (χ4n) is 2.31. The quantitative estimate of drug-likeness (QED) is 0.632. The molecule has 138 valence electrons. The van der Waals surface area contributed by atoms with Crippen LogP contribution >= 0.6 is 0 Å². The van der Waals surface area contributed by atoms with Gasteiger partial charge in [0.1, 0.15) is 0 Å². The van der Waals surface area contributed by atoms with Crippen LogP contribution in [0.2, 0.25) is 0 Å². The lowest BCUT2D eigenvalue weighted by Gasteiger charge is -2.11. The Morgan fingerprint density at radius 1 is 1.08 bits per heavy atom. The van der Waals surface area contributed by atoms with Crippen molar-refractivity contribution < 1.29 is 18.0 Å². The summed E-state index contributed by atoms with van der Waals surface area (Å²) < 4.78 is 23.3. The third kappa shape index (κ3) is 4.87. The van der Waals surface area contributed by atoms with E-state index in [4.69, 9.17) is 5.14 Å². The molecule has 9 heteroatoms. The number of hydrogen-bond donors (Lipinski definition) is 3. The maximum atomic E-state index is 12.2. The molecular weight excluding hydrogens is 356 g/mol. The van der Waals surface area contributed by atoms with Crippen LogP contribution in [0.5, 0.6) is 0 Å². The highest BCUT2D eigenvalue weighted by Crippen LogP contribution is 2.20. The number of aromatic nitrogens is 1. The third-order valence-electron chi connectivity index (χ3n) is 3.81. The highest BCUT2D eigenvalue weighted by molar-refractivity contribution is 7.89. The maximum absolute atomic E-state index is 12.2. The van der Waals surface area contributed by atoms with E-state index in [1.165, 1.54) is 12.3 Å². The van der Waals surface area contributed by atoms with Gasteiger partial charge in [-0.1, -0.05) is 0 Å². The van der Waals surface area contributed by atoms with Gasteiger partial charge in [-0.05, 0) is 49.2 Å². The lowest BCUT2D eigenvalue weighted by atomic mass is 10.1. The number of pyridine rings is 1. The molecule has 0 spiro atoms. The smallest absolute Gasteiger partial charge is 0.252 e.